The number of hydrogen-bond acceptors (Lipinski definition) is 1. The quantitative estimate of drug-likeness (QED) is 0.609. The molecule has 1 amide bonds. The van der Waals surface area contributed by atoms with Gasteiger partial charge in [0.1, 0.15) is 0 Å². The van der Waals surface area contributed by atoms with Gasteiger partial charge in [0, 0.05) is 12.6 Å². The van der Waals surface area contributed by atoms with Crippen molar-refractivity contribution < 1.29 is 18.0 Å². The van der Waals surface area contributed by atoms with Crippen LogP contribution in [0.3, 0.4) is 0 Å². The minimum Gasteiger partial charge on any atom is -0.342 e. The molecule has 1 fully saturated rings. The molecule has 0 aromatic heterocycles. The van der Waals surface area contributed by atoms with Gasteiger partial charge in [-0.1, -0.05) is 12.8 Å². The molecular weight excluding hydrogens is 255 g/mol. The van der Waals surface area contributed by atoms with Crippen molar-refractivity contribution in [2.75, 3.05) is 7.05 Å². The summed E-state index contributed by atoms with van der Waals surface area (Å²) in [5, 5.41) is 0. The van der Waals surface area contributed by atoms with Gasteiger partial charge in [0.25, 0.3) is 0 Å². The first kappa shape index (κ1) is 13.9. The van der Waals surface area contributed by atoms with E-state index in [1.54, 1.807) is 11.9 Å². The SMILES string of the molecule is CN(C=O)C1(Cc2cc(F)c(F)c(F)c2)CCCC1. The average molecular weight is 271 g/mol. The van der Waals surface area contributed by atoms with Crippen molar-refractivity contribution in [2.45, 2.75) is 37.6 Å². The lowest BCUT2D eigenvalue weighted by Crippen LogP contribution is -2.45. The minimum atomic E-state index is -1.45. The van der Waals surface area contributed by atoms with Crippen molar-refractivity contribution in [1.29, 1.82) is 0 Å². The average Bonchev–Trinajstić information content (AvgIpc) is 2.84. The van der Waals surface area contributed by atoms with Gasteiger partial charge in [0.05, 0.1) is 0 Å². The number of amides is 1. The van der Waals surface area contributed by atoms with E-state index >= 15 is 0 Å². The lowest BCUT2D eigenvalue weighted by atomic mass is 9.88. The summed E-state index contributed by atoms with van der Waals surface area (Å²) in [4.78, 5) is 12.6. The van der Waals surface area contributed by atoms with Gasteiger partial charge in [-0.05, 0) is 37.0 Å². The molecule has 0 N–H and O–H groups in total. The largest absolute Gasteiger partial charge is 0.342 e. The Hall–Kier alpha value is -1.52. The number of halogens is 3. The maximum atomic E-state index is 13.2. The third-order valence-electron chi connectivity index (χ3n) is 4.02. The van der Waals surface area contributed by atoms with Gasteiger partial charge in [-0.15, -0.1) is 0 Å². The molecule has 2 nitrogen and oxygen atoms in total. The van der Waals surface area contributed by atoms with Crippen LogP contribution in [0.25, 0.3) is 0 Å². The van der Waals surface area contributed by atoms with Gasteiger partial charge in [-0.2, -0.15) is 0 Å². The number of nitrogens with zero attached hydrogens (tertiary/aromatic N) is 1. The summed E-state index contributed by atoms with van der Waals surface area (Å²) in [6.07, 6.45) is 4.62. The maximum absolute atomic E-state index is 13.2. The molecule has 1 aliphatic carbocycles. The van der Waals surface area contributed by atoms with Crippen LogP contribution < -0.4 is 0 Å². The number of benzene rings is 1. The van der Waals surface area contributed by atoms with Gasteiger partial charge in [0.2, 0.25) is 6.41 Å². The second-order valence-electron chi connectivity index (χ2n) is 5.20. The van der Waals surface area contributed by atoms with Gasteiger partial charge >= 0.3 is 0 Å². The zero-order valence-electron chi connectivity index (χ0n) is 10.8. The van der Waals surface area contributed by atoms with Crippen LogP contribution in [0.1, 0.15) is 31.2 Å². The molecule has 19 heavy (non-hydrogen) atoms. The molecule has 104 valence electrons. The van der Waals surface area contributed by atoms with Crippen LogP contribution in [-0.4, -0.2) is 23.9 Å². The first-order valence-corrected chi connectivity index (χ1v) is 6.30. The summed E-state index contributed by atoms with van der Waals surface area (Å²) in [5.74, 6) is -3.82. The molecule has 0 aliphatic heterocycles. The molecule has 0 atom stereocenters. The molecule has 0 spiro atoms. The topological polar surface area (TPSA) is 20.3 Å². The van der Waals surface area contributed by atoms with E-state index in [4.69, 9.17) is 0 Å². The fraction of sp³-hybridized carbons (Fsp3) is 0.500. The van der Waals surface area contributed by atoms with E-state index in [2.05, 4.69) is 0 Å². The van der Waals surface area contributed by atoms with Crippen molar-refractivity contribution in [2.24, 2.45) is 0 Å². The number of carbonyl (C=O) groups excluding carboxylic acids is 1. The van der Waals surface area contributed by atoms with Crippen molar-refractivity contribution in [3.05, 3.63) is 35.1 Å². The van der Waals surface area contributed by atoms with Crippen LogP contribution in [0.2, 0.25) is 0 Å². The molecule has 0 heterocycles. The van der Waals surface area contributed by atoms with Crippen LogP contribution in [0.15, 0.2) is 12.1 Å². The minimum absolute atomic E-state index is 0.344. The second-order valence-corrected chi connectivity index (χ2v) is 5.20. The Morgan fingerprint density at radius 1 is 1.21 bits per heavy atom. The van der Waals surface area contributed by atoms with E-state index in [0.717, 1.165) is 44.2 Å². The molecule has 0 unspecified atom stereocenters. The molecule has 1 aliphatic rings. The second kappa shape index (κ2) is 5.23. The molecule has 0 saturated heterocycles. The molecular formula is C14H16F3NO. The summed E-state index contributed by atoms with van der Waals surface area (Å²) in [6.45, 7) is 0. The Balaban J connectivity index is 2.30. The molecule has 1 aromatic carbocycles. The number of likely N-dealkylation sites (N-methyl/N-ethyl adjacent to an activating group) is 1. The third-order valence-corrected chi connectivity index (χ3v) is 4.02. The van der Waals surface area contributed by atoms with Crippen LogP contribution in [0.4, 0.5) is 13.2 Å². The van der Waals surface area contributed by atoms with Crippen molar-refractivity contribution in [3.8, 4) is 0 Å². The predicted molar refractivity (Wildman–Crippen MR) is 65.0 cm³/mol. The fourth-order valence-electron chi connectivity index (χ4n) is 2.89. The van der Waals surface area contributed by atoms with Crippen molar-refractivity contribution in [3.63, 3.8) is 0 Å². The monoisotopic (exact) mass is 271 g/mol. The lowest BCUT2D eigenvalue weighted by Gasteiger charge is -2.36. The number of carbonyl (C=O) groups is 1. The highest BCUT2D eigenvalue weighted by molar-refractivity contribution is 5.49. The van der Waals surface area contributed by atoms with E-state index in [1.807, 2.05) is 0 Å². The van der Waals surface area contributed by atoms with Crippen molar-refractivity contribution in [1.82, 2.24) is 4.90 Å². The molecule has 2 rings (SSSR count). The summed E-state index contributed by atoms with van der Waals surface area (Å²) in [7, 11) is 1.68. The fourth-order valence-corrected chi connectivity index (χ4v) is 2.89. The standard InChI is InChI=1S/C14H16F3NO/c1-18(9-19)14(4-2-3-5-14)8-10-6-11(15)13(17)12(16)7-10/h6-7,9H,2-5,8H2,1H3. The van der Waals surface area contributed by atoms with Crippen LogP contribution in [0.5, 0.6) is 0 Å². The van der Waals surface area contributed by atoms with E-state index in [9.17, 15) is 18.0 Å². The van der Waals surface area contributed by atoms with E-state index in [0.29, 0.717) is 12.0 Å². The normalized spacial score (nSPS) is 17.5. The maximum Gasteiger partial charge on any atom is 0.209 e. The van der Waals surface area contributed by atoms with E-state index in [-0.39, 0.29) is 0 Å². The first-order valence-electron chi connectivity index (χ1n) is 6.30. The Morgan fingerprint density at radius 3 is 2.21 bits per heavy atom. The van der Waals surface area contributed by atoms with Crippen LogP contribution in [0, 0.1) is 17.5 Å². The summed E-state index contributed by atoms with van der Waals surface area (Å²) in [6, 6.07) is 2.02. The van der Waals surface area contributed by atoms with Gasteiger partial charge < -0.3 is 4.90 Å². The van der Waals surface area contributed by atoms with Crippen LogP contribution >= 0.6 is 0 Å². The molecule has 0 bridgehead atoms. The van der Waals surface area contributed by atoms with Gasteiger partial charge in [-0.25, -0.2) is 13.2 Å². The number of hydrogen-bond donors (Lipinski definition) is 0. The number of rotatable bonds is 4. The summed E-state index contributed by atoms with van der Waals surface area (Å²) >= 11 is 0. The third kappa shape index (κ3) is 2.60. The Morgan fingerprint density at radius 2 is 1.74 bits per heavy atom. The molecule has 1 aromatic rings. The highest BCUT2D eigenvalue weighted by atomic mass is 19.2. The smallest absolute Gasteiger partial charge is 0.209 e. The highest BCUT2D eigenvalue weighted by Crippen LogP contribution is 2.37. The zero-order valence-corrected chi connectivity index (χ0v) is 10.8. The summed E-state index contributed by atoms with van der Waals surface area (Å²) in [5.41, 5.74) is -0.0228. The molecule has 1 saturated carbocycles. The molecule has 0 radical (unpaired) electrons. The Kier molecular flexibility index (Phi) is 3.83. The Bertz CT molecular complexity index is 461. The van der Waals surface area contributed by atoms with Gasteiger partial charge in [0.15, 0.2) is 17.5 Å². The Labute approximate surface area is 110 Å². The van der Waals surface area contributed by atoms with Crippen molar-refractivity contribution >= 4 is 6.41 Å². The predicted octanol–water partition coefficient (Wildman–Crippen LogP) is 3.05. The van der Waals surface area contributed by atoms with Crippen LogP contribution in [-0.2, 0) is 11.2 Å². The lowest BCUT2D eigenvalue weighted by molar-refractivity contribution is -0.122. The highest BCUT2D eigenvalue weighted by Gasteiger charge is 2.37. The van der Waals surface area contributed by atoms with E-state index in [1.165, 1.54) is 0 Å². The van der Waals surface area contributed by atoms with E-state index < -0.39 is 23.0 Å². The summed E-state index contributed by atoms with van der Waals surface area (Å²) < 4.78 is 39.4. The first-order chi connectivity index (χ1) is 8.98. The van der Waals surface area contributed by atoms with Gasteiger partial charge in [-0.3, -0.25) is 4.79 Å². The molecule has 5 heteroatoms. The zero-order chi connectivity index (χ0) is 14.0.